The molecular formula is C9H18F2N2. The Kier molecular flexibility index (Phi) is 4.06. The molecule has 0 aliphatic heterocycles. The molecule has 0 aromatic heterocycles. The second-order valence-corrected chi connectivity index (χ2v) is 3.90. The van der Waals surface area contributed by atoms with E-state index >= 15 is 0 Å². The number of hydrogen-bond donors (Lipinski definition) is 2. The first-order valence-electron chi connectivity index (χ1n) is 4.89. The quantitative estimate of drug-likeness (QED) is 0.711. The molecule has 1 rings (SSSR count). The van der Waals surface area contributed by atoms with Crippen molar-refractivity contribution in [3.05, 3.63) is 0 Å². The van der Waals surface area contributed by atoms with E-state index in [1.807, 2.05) is 0 Å². The van der Waals surface area contributed by atoms with E-state index in [4.69, 9.17) is 5.73 Å². The van der Waals surface area contributed by atoms with Crippen LogP contribution < -0.4 is 11.1 Å². The van der Waals surface area contributed by atoms with E-state index in [0.717, 1.165) is 25.7 Å². The Balaban J connectivity index is 2.22. The number of nitrogens with one attached hydrogen (secondary N) is 1. The van der Waals surface area contributed by atoms with Gasteiger partial charge in [-0.15, -0.1) is 0 Å². The largest absolute Gasteiger partial charge is 0.328 e. The summed E-state index contributed by atoms with van der Waals surface area (Å²) < 4.78 is 24.3. The third kappa shape index (κ3) is 3.56. The Morgan fingerprint density at radius 3 is 2.23 bits per heavy atom. The van der Waals surface area contributed by atoms with Gasteiger partial charge in [0, 0.05) is 12.1 Å². The molecule has 1 aliphatic carbocycles. The molecule has 1 saturated carbocycles. The highest BCUT2D eigenvalue weighted by Gasteiger charge is 2.22. The first-order chi connectivity index (χ1) is 6.09. The minimum absolute atomic E-state index is 0.240. The molecule has 1 aliphatic rings. The van der Waals surface area contributed by atoms with E-state index in [9.17, 15) is 8.78 Å². The van der Waals surface area contributed by atoms with Crippen LogP contribution in [0.15, 0.2) is 0 Å². The van der Waals surface area contributed by atoms with Gasteiger partial charge in [0.2, 0.25) is 0 Å². The molecular weight excluding hydrogens is 174 g/mol. The molecule has 0 heterocycles. The molecule has 0 aromatic rings. The number of alkyl halides is 2. The third-order valence-corrected chi connectivity index (χ3v) is 2.65. The molecule has 0 radical (unpaired) electrons. The van der Waals surface area contributed by atoms with Gasteiger partial charge in [-0.25, -0.2) is 8.78 Å². The maximum Gasteiger partial charge on any atom is 0.253 e. The predicted octanol–water partition coefficient (Wildman–Crippen LogP) is 1.50. The summed E-state index contributed by atoms with van der Waals surface area (Å²) in [6, 6.07) is -0.178. The third-order valence-electron chi connectivity index (χ3n) is 2.65. The Hall–Kier alpha value is -0.220. The highest BCUT2D eigenvalue weighted by Crippen LogP contribution is 2.18. The first-order valence-corrected chi connectivity index (χ1v) is 4.89. The van der Waals surface area contributed by atoms with Crippen LogP contribution in [0.25, 0.3) is 0 Å². The Bertz CT molecular complexity index is 145. The van der Waals surface area contributed by atoms with Crippen LogP contribution >= 0.6 is 0 Å². The van der Waals surface area contributed by atoms with Crippen LogP contribution in [0.3, 0.4) is 0 Å². The number of halogens is 2. The lowest BCUT2D eigenvalue weighted by atomic mass is 9.91. The van der Waals surface area contributed by atoms with E-state index in [1.165, 1.54) is 6.92 Å². The van der Waals surface area contributed by atoms with Crippen LogP contribution in [0.1, 0.15) is 32.6 Å². The van der Waals surface area contributed by atoms with Crippen LogP contribution in [0.4, 0.5) is 8.78 Å². The van der Waals surface area contributed by atoms with Gasteiger partial charge in [0.1, 0.15) is 0 Å². The van der Waals surface area contributed by atoms with Crippen molar-refractivity contribution < 1.29 is 8.78 Å². The average Bonchev–Trinajstić information content (AvgIpc) is 2.08. The molecule has 1 fully saturated rings. The summed E-state index contributed by atoms with van der Waals surface area (Å²) in [7, 11) is 0. The van der Waals surface area contributed by atoms with Crippen molar-refractivity contribution in [3.8, 4) is 0 Å². The smallest absolute Gasteiger partial charge is 0.253 e. The lowest BCUT2D eigenvalue weighted by Crippen LogP contribution is -2.44. The number of nitrogens with two attached hydrogens (primary N) is 1. The fourth-order valence-electron chi connectivity index (χ4n) is 1.73. The average molecular weight is 192 g/mol. The van der Waals surface area contributed by atoms with E-state index in [1.54, 1.807) is 0 Å². The van der Waals surface area contributed by atoms with Gasteiger partial charge in [-0.3, -0.25) is 0 Å². The van der Waals surface area contributed by atoms with Crippen molar-refractivity contribution in [2.45, 2.75) is 57.2 Å². The molecule has 4 heteroatoms. The van der Waals surface area contributed by atoms with E-state index in [2.05, 4.69) is 5.32 Å². The second kappa shape index (κ2) is 4.86. The van der Waals surface area contributed by atoms with Gasteiger partial charge < -0.3 is 11.1 Å². The van der Waals surface area contributed by atoms with Gasteiger partial charge in [-0.2, -0.15) is 0 Å². The van der Waals surface area contributed by atoms with Crippen molar-refractivity contribution in [3.63, 3.8) is 0 Å². The van der Waals surface area contributed by atoms with Crippen LogP contribution in [0.5, 0.6) is 0 Å². The highest BCUT2D eigenvalue weighted by molar-refractivity contribution is 4.81. The second-order valence-electron chi connectivity index (χ2n) is 3.90. The normalized spacial score (nSPS) is 32.1. The fraction of sp³-hybridized carbons (Fsp3) is 1.00. The highest BCUT2D eigenvalue weighted by atomic mass is 19.3. The number of rotatable bonds is 3. The monoisotopic (exact) mass is 192 g/mol. The lowest BCUT2D eigenvalue weighted by molar-refractivity contribution is 0.0957. The van der Waals surface area contributed by atoms with Crippen LogP contribution in [0.2, 0.25) is 0 Å². The summed E-state index contributed by atoms with van der Waals surface area (Å²) in [4.78, 5) is 0. The zero-order valence-electron chi connectivity index (χ0n) is 7.97. The van der Waals surface area contributed by atoms with Crippen LogP contribution in [0, 0.1) is 0 Å². The van der Waals surface area contributed by atoms with Crippen molar-refractivity contribution >= 4 is 0 Å². The topological polar surface area (TPSA) is 38.0 Å². The lowest BCUT2D eigenvalue weighted by Gasteiger charge is -2.29. The van der Waals surface area contributed by atoms with Gasteiger partial charge in [0.15, 0.2) is 0 Å². The molecule has 0 amide bonds. The standard InChI is InChI=1S/C9H18F2N2/c1-6(9(10)11)13-8-4-2-7(12)3-5-8/h6-9,13H,2-5,12H2,1H3. The maximum absolute atomic E-state index is 12.2. The Morgan fingerprint density at radius 2 is 1.77 bits per heavy atom. The minimum atomic E-state index is -2.27. The van der Waals surface area contributed by atoms with Crippen molar-refractivity contribution in [1.82, 2.24) is 5.32 Å². The Morgan fingerprint density at radius 1 is 1.23 bits per heavy atom. The zero-order chi connectivity index (χ0) is 9.84. The minimum Gasteiger partial charge on any atom is -0.328 e. The van der Waals surface area contributed by atoms with Crippen LogP contribution in [-0.4, -0.2) is 24.6 Å². The van der Waals surface area contributed by atoms with Crippen molar-refractivity contribution in [2.24, 2.45) is 5.73 Å². The molecule has 13 heavy (non-hydrogen) atoms. The molecule has 0 spiro atoms. The molecule has 0 saturated heterocycles. The zero-order valence-corrected chi connectivity index (χ0v) is 7.97. The van der Waals surface area contributed by atoms with Gasteiger partial charge in [-0.1, -0.05) is 0 Å². The molecule has 78 valence electrons. The summed E-state index contributed by atoms with van der Waals surface area (Å²) in [6.45, 7) is 1.53. The summed E-state index contributed by atoms with van der Waals surface area (Å²) in [5, 5.41) is 2.93. The summed E-state index contributed by atoms with van der Waals surface area (Å²) in [5.41, 5.74) is 5.71. The van der Waals surface area contributed by atoms with Crippen LogP contribution in [-0.2, 0) is 0 Å². The molecule has 2 nitrogen and oxygen atoms in total. The summed E-state index contributed by atoms with van der Waals surface area (Å²) in [6.07, 6.45) is 1.49. The molecule has 0 aromatic carbocycles. The van der Waals surface area contributed by atoms with Gasteiger partial charge in [0.25, 0.3) is 6.43 Å². The maximum atomic E-state index is 12.2. The van der Waals surface area contributed by atoms with E-state index < -0.39 is 12.5 Å². The van der Waals surface area contributed by atoms with Crippen molar-refractivity contribution in [2.75, 3.05) is 0 Å². The number of hydrogen-bond acceptors (Lipinski definition) is 2. The van der Waals surface area contributed by atoms with Crippen molar-refractivity contribution in [1.29, 1.82) is 0 Å². The first kappa shape index (κ1) is 10.9. The van der Waals surface area contributed by atoms with Gasteiger partial charge in [-0.05, 0) is 32.6 Å². The summed E-state index contributed by atoms with van der Waals surface area (Å²) >= 11 is 0. The van der Waals surface area contributed by atoms with E-state index in [-0.39, 0.29) is 12.1 Å². The van der Waals surface area contributed by atoms with Gasteiger partial charge >= 0.3 is 0 Å². The summed E-state index contributed by atoms with van der Waals surface area (Å²) in [5.74, 6) is 0. The predicted molar refractivity (Wildman–Crippen MR) is 48.8 cm³/mol. The molecule has 0 bridgehead atoms. The van der Waals surface area contributed by atoms with Gasteiger partial charge in [0.05, 0.1) is 6.04 Å². The van der Waals surface area contributed by atoms with E-state index in [0.29, 0.717) is 0 Å². The molecule has 1 atom stereocenters. The molecule has 3 N–H and O–H groups in total. The fourth-order valence-corrected chi connectivity index (χ4v) is 1.73. The Labute approximate surface area is 77.9 Å². The molecule has 1 unspecified atom stereocenters. The SMILES string of the molecule is CC(NC1CCC(N)CC1)C(F)F.